The van der Waals surface area contributed by atoms with Gasteiger partial charge in [0.2, 0.25) is 0 Å². The predicted octanol–water partition coefficient (Wildman–Crippen LogP) is 4.44. The molecule has 26 heavy (non-hydrogen) atoms. The number of methoxy groups -OCH3 is 1. The van der Waals surface area contributed by atoms with E-state index in [1.54, 1.807) is 18.2 Å². The third-order valence-electron chi connectivity index (χ3n) is 3.62. The van der Waals surface area contributed by atoms with Crippen molar-refractivity contribution in [1.82, 2.24) is 9.97 Å². The van der Waals surface area contributed by atoms with E-state index in [-0.39, 0.29) is 5.69 Å². The summed E-state index contributed by atoms with van der Waals surface area (Å²) in [6.45, 7) is 2.02. The van der Waals surface area contributed by atoms with E-state index in [0.29, 0.717) is 22.3 Å². The molecule has 0 aliphatic rings. The van der Waals surface area contributed by atoms with Crippen LogP contribution in [-0.4, -0.2) is 23.0 Å². The van der Waals surface area contributed by atoms with Crippen LogP contribution in [0.4, 0.5) is 17.2 Å². The van der Waals surface area contributed by atoms with Gasteiger partial charge in [-0.2, -0.15) is 0 Å². The molecule has 0 saturated carbocycles. The fourth-order valence-corrected chi connectivity index (χ4v) is 2.43. The minimum absolute atomic E-state index is 0.182. The number of amides is 1. The highest BCUT2D eigenvalue weighted by molar-refractivity contribution is 6.31. The number of rotatable bonds is 5. The van der Waals surface area contributed by atoms with E-state index in [1.165, 1.54) is 25.1 Å². The normalized spacial score (nSPS) is 10.3. The minimum atomic E-state index is -0.403. The predicted molar refractivity (Wildman–Crippen MR) is 102 cm³/mol. The van der Waals surface area contributed by atoms with Gasteiger partial charge in [-0.25, -0.2) is 9.97 Å². The van der Waals surface area contributed by atoms with Gasteiger partial charge >= 0.3 is 0 Å². The quantitative estimate of drug-likeness (QED) is 0.696. The third kappa shape index (κ3) is 4.29. The summed E-state index contributed by atoms with van der Waals surface area (Å²) in [5.74, 6) is 0.652. The second-order valence-corrected chi connectivity index (χ2v) is 6.01. The zero-order valence-corrected chi connectivity index (χ0v) is 15.0. The molecule has 2 aromatic carbocycles. The summed E-state index contributed by atoms with van der Waals surface area (Å²) in [5, 5.41) is 6.34. The maximum Gasteiger partial charge on any atom is 0.275 e. The molecule has 2 N–H and O–H groups in total. The molecule has 1 heterocycles. The zero-order valence-electron chi connectivity index (χ0n) is 14.3. The maximum atomic E-state index is 12.4. The van der Waals surface area contributed by atoms with Crippen molar-refractivity contribution in [2.45, 2.75) is 6.92 Å². The summed E-state index contributed by atoms with van der Waals surface area (Å²) in [4.78, 5) is 20.8. The van der Waals surface area contributed by atoms with Gasteiger partial charge in [0, 0.05) is 10.7 Å². The molecule has 0 radical (unpaired) electrons. The highest BCUT2D eigenvalue weighted by Crippen LogP contribution is 2.28. The van der Waals surface area contributed by atoms with E-state index in [0.717, 1.165) is 5.69 Å². The summed E-state index contributed by atoms with van der Waals surface area (Å²) >= 11 is 5.97. The smallest absolute Gasteiger partial charge is 0.275 e. The van der Waals surface area contributed by atoms with Crippen LogP contribution in [0.2, 0.25) is 5.02 Å². The lowest BCUT2D eigenvalue weighted by molar-refractivity contribution is 0.102. The number of hydrogen-bond acceptors (Lipinski definition) is 5. The molecule has 3 rings (SSSR count). The molecule has 0 fully saturated rings. The van der Waals surface area contributed by atoms with Crippen molar-refractivity contribution < 1.29 is 9.53 Å². The lowest BCUT2D eigenvalue weighted by Gasteiger charge is -2.10. The monoisotopic (exact) mass is 368 g/mol. The maximum absolute atomic E-state index is 12.4. The van der Waals surface area contributed by atoms with E-state index in [4.69, 9.17) is 16.3 Å². The molecule has 0 atom stereocenters. The first-order valence-corrected chi connectivity index (χ1v) is 8.23. The Hall–Kier alpha value is -3.12. The molecule has 0 bridgehead atoms. The molecule has 0 aliphatic heterocycles. The van der Waals surface area contributed by atoms with Crippen molar-refractivity contribution in [1.29, 1.82) is 0 Å². The first-order chi connectivity index (χ1) is 12.5. The fourth-order valence-electron chi connectivity index (χ4n) is 2.26. The molecule has 132 valence electrons. The zero-order chi connectivity index (χ0) is 18.5. The molecule has 0 saturated heterocycles. The Morgan fingerprint density at radius 3 is 2.50 bits per heavy atom. The Kier molecular flexibility index (Phi) is 5.34. The molecule has 7 heteroatoms. The van der Waals surface area contributed by atoms with Gasteiger partial charge in [0.15, 0.2) is 0 Å². The first-order valence-electron chi connectivity index (χ1n) is 7.86. The van der Waals surface area contributed by atoms with Crippen LogP contribution in [0.25, 0.3) is 0 Å². The van der Waals surface area contributed by atoms with E-state index >= 15 is 0 Å². The lowest BCUT2D eigenvalue weighted by atomic mass is 10.2. The molecule has 1 amide bonds. The van der Waals surface area contributed by atoms with Crippen LogP contribution in [-0.2, 0) is 0 Å². The molecular formula is C19H17ClN4O2. The van der Waals surface area contributed by atoms with Crippen LogP contribution < -0.4 is 15.4 Å². The van der Waals surface area contributed by atoms with Gasteiger partial charge in [-0.05, 0) is 37.3 Å². The Bertz CT molecular complexity index is 912. The summed E-state index contributed by atoms with van der Waals surface area (Å²) in [6.07, 6.45) is 2.91. The Morgan fingerprint density at radius 1 is 1.08 bits per heavy atom. The van der Waals surface area contributed by atoms with Crippen molar-refractivity contribution in [3.8, 4) is 5.75 Å². The van der Waals surface area contributed by atoms with E-state index in [2.05, 4.69) is 20.6 Å². The van der Waals surface area contributed by atoms with Crippen LogP contribution >= 0.6 is 11.6 Å². The van der Waals surface area contributed by atoms with Crippen LogP contribution in [0.3, 0.4) is 0 Å². The number of carbonyl (C=O) groups is 1. The Morgan fingerprint density at radius 2 is 1.85 bits per heavy atom. The van der Waals surface area contributed by atoms with Crippen molar-refractivity contribution >= 4 is 34.7 Å². The lowest BCUT2D eigenvalue weighted by Crippen LogP contribution is -2.15. The van der Waals surface area contributed by atoms with Crippen LogP contribution in [0.5, 0.6) is 5.75 Å². The average molecular weight is 369 g/mol. The van der Waals surface area contributed by atoms with Crippen molar-refractivity contribution in [3.05, 3.63) is 71.1 Å². The number of halogens is 1. The Balaban J connectivity index is 1.71. The largest absolute Gasteiger partial charge is 0.495 e. The number of nitrogens with one attached hydrogen (secondary N) is 2. The van der Waals surface area contributed by atoms with Crippen molar-refractivity contribution in [2.75, 3.05) is 17.7 Å². The van der Waals surface area contributed by atoms with Gasteiger partial charge < -0.3 is 15.4 Å². The van der Waals surface area contributed by atoms with Crippen molar-refractivity contribution in [2.24, 2.45) is 0 Å². The van der Waals surface area contributed by atoms with Gasteiger partial charge in [-0.3, -0.25) is 4.79 Å². The van der Waals surface area contributed by atoms with Gasteiger partial charge in [0.25, 0.3) is 5.91 Å². The van der Waals surface area contributed by atoms with Gasteiger partial charge in [-0.1, -0.05) is 29.3 Å². The third-order valence-corrected chi connectivity index (χ3v) is 3.85. The molecule has 0 unspecified atom stereocenters. The second kappa shape index (κ2) is 7.84. The number of aryl methyl sites for hydroxylation is 1. The standard InChI is InChI=1S/C19H17ClN4O2/c1-12-3-6-14(7-4-12)23-18-11-21-16(10-22-18)19(25)24-15-9-13(20)5-8-17(15)26-2/h3-11H,1-2H3,(H,22,23)(H,24,25). The van der Waals surface area contributed by atoms with Gasteiger partial charge in [-0.15, -0.1) is 0 Å². The van der Waals surface area contributed by atoms with E-state index in [1.807, 2.05) is 31.2 Å². The highest BCUT2D eigenvalue weighted by atomic mass is 35.5. The van der Waals surface area contributed by atoms with Gasteiger partial charge in [0.05, 0.1) is 25.2 Å². The number of benzene rings is 2. The molecular weight excluding hydrogens is 352 g/mol. The fraction of sp³-hybridized carbons (Fsp3) is 0.105. The number of anilines is 3. The number of carbonyl (C=O) groups excluding carboxylic acids is 1. The summed E-state index contributed by atoms with van der Waals surface area (Å²) in [5.41, 5.74) is 2.71. The number of nitrogens with zero attached hydrogens (tertiary/aromatic N) is 2. The molecule has 0 aliphatic carbocycles. The molecule has 6 nitrogen and oxygen atoms in total. The SMILES string of the molecule is COc1ccc(Cl)cc1NC(=O)c1cnc(Nc2ccc(C)cc2)cn1. The Labute approximate surface area is 156 Å². The number of hydrogen-bond donors (Lipinski definition) is 2. The highest BCUT2D eigenvalue weighted by Gasteiger charge is 2.12. The van der Waals surface area contributed by atoms with E-state index in [9.17, 15) is 4.79 Å². The van der Waals surface area contributed by atoms with Crippen molar-refractivity contribution in [3.63, 3.8) is 0 Å². The van der Waals surface area contributed by atoms with Crippen LogP contribution in [0.15, 0.2) is 54.9 Å². The molecule has 3 aromatic rings. The summed E-state index contributed by atoms with van der Waals surface area (Å²) < 4.78 is 5.21. The number of ether oxygens (including phenoxy) is 1. The topological polar surface area (TPSA) is 76.1 Å². The van der Waals surface area contributed by atoms with E-state index < -0.39 is 5.91 Å². The molecule has 0 spiro atoms. The second-order valence-electron chi connectivity index (χ2n) is 5.58. The number of aromatic nitrogens is 2. The average Bonchev–Trinajstić information content (AvgIpc) is 2.64. The minimum Gasteiger partial charge on any atom is -0.495 e. The first kappa shape index (κ1) is 17.7. The van der Waals surface area contributed by atoms with Gasteiger partial charge in [0.1, 0.15) is 17.3 Å². The molecule has 1 aromatic heterocycles. The van der Waals surface area contributed by atoms with Crippen LogP contribution in [0.1, 0.15) is 16.1 Å². The van der Waals surface area contributed by atoms with Crippen LogP contribution in [0, 0.1) is 6.92 Å². The summed E-state index contributed by atoms with van der Waals surface area (Å²) in [7, 11) is 1.52. The summed E-state index contributed by atoms with van der Waals surface area (Å²) in [6, 6.07) is 12.9.